The van der Waals surface area contributed by atoms with Gasteiger partial charge in [0.1, 0.15) is 5.75 Å². The first kappa shape index (κ1) is 10.9. The molecule has 0 unspecified atom stereocenters. The molecule has 2 N–H and O–H groups in total. The van der Waals surface area contributed by atoms with Gasteiger partial charge >= 0.3 is 0 Å². The lowest BCUT2D eigenvalue weighted by molar-refractivity contribution is -0.116. The molecule has 0 heterocycles. The molecule has 1 rings (SSSR count). The third-order valence-corrected chi connectivity index (χ3v) is 1.72. The third-order valence-electron chi connectivity index (χ3n) is 1.72. The van der Waals surface area contributed by atoms with E-state index >= 15 is 0 Å². The van der Waals surface area contributed by atoms with E-state index in [1.807, 2.05) is 23.6 Å². The zero-order valence-electron chi connectivity index (χ0n) is 8.23. The zero-order valence-corrected chi connectivity index (χ0v) is 8.23. The molecule has 1 aromatic carbocycles. The Morgan fingerprint density at radius 3 is 2.93 bits per heavy atom. The Labute approximate surface area is 87.2 Å². The van der Waals surface area contributed by atoms with E-state index in [-0.39, 0.29) is 0 Å². The van der Waals surface area contributed by atoms with Crippen LogP contribution < -0.4 is 10.2 Å². The molecular formula is C10H11N3O2. The molecule has 0 fully saturated rings. The Kier molecular flexibility index (Phi) is 4.03. The van der Waals surface area contributed by atoms with Gasteiger partial charge in [0.15, 0.2) is 0 Å². The summed E-state index contributed by atoms with van der Waals surface area (Å²) >= 11 is 0. The molecule has 0 bridgehead atoms. The first-order chi connectivity index (χ1) is 7.27. The summed E-state index contributed by atoms with van der Waals surface area (Å²) in [4.78, 5) is 11.0. The molecule has 1 aromatic rings. The summed E-state index contributed by atoms with van der Waals surface area (Å²) in [5.74, 6) is 0.236. The molecule has 0 spiro atoms. The predicted molar refractivity (Wildman–Crippen MR) is 55.3 cm³/mol. The first-order valence-electron chi connectivity index (χ1n) is 4.25. The van der Waals surface area contributed by atoms with Crippen LogP contribution in [0.2, 0.25) is 0 Å². The molecular weight excluding hydrogens is 194 g/mol. The van der Waals surface area contributed by atoms with Crippen LogP contribution in [0.3, 0.4) is 0 Å². The highest BCUT2D eigenvalue weighted by atomic mass is 16.5. The molecule has 0 atom stereocenters. The van der Waals surface area contributed by atoms with Crippen molar-refractivity contribution in [3.05, 3.63) is 35.9 Å². The van der Waals surface area contributed by atoms with Gasteiger partial charge in [0.25, 0.3) is 5.91 Å². The minimum Gasteiger partial charge on any atom is -0.496 e. The molecule has 0 aliphatic heterocycles. The number of hydrogen-bond donors (Lipinski definition) is 2. The number of nitrogens with zero attached hydrogens (tertiary/aromatic N) is 1. The Hall–Kier alpha value is -2.17. The van der Waals surface area contributed by atoms with Crippen molar-refractivity contribution in [1.82, 2.24) is 5.43 Å². The van der Waals surface area contributed by atoms with Crippen LogP contribution in [0.1, 0.15) is 5.56 Å². The molecule has 15 heavy (non-hydrogen) atoms. The fraction of sp³-hybridized carbons (Fsp3) is 0.100. The molecule has 1 amide bonds. The van der Waals surface area contributed by atoms with Crippen molar-refractivity contribution in [2.24, 2.45) is 5.22 Å². The number of methoxy groups -OCH3 is 1. The topological polar surface area (TPSA) is 74.5 Å². The Bertz CT molecular complexity index is 388. The summed E-state index contributed by atoms with van der Waals surface area (Å²) in [6.45, 7) is 0. The molecule has 0 saturated carbocycles. The van der Waals surface area contributed by atoms with E-state index in [2.05, 4.69) is 5.22 Å². The summed E-state index contributed by atoms with van der Waals surface area (Å²) in [5.41, 5.74) is 9.20. The van der Waals surface area contributed by atoms with Crippen molar-refractivity contribution in [2.75, 3.05) is 7.11 Å². The van der Waals surface area contributed by atoms with Gasteiger partial charge < -0.3 is 4.74 Å². The summed E-state index contributed by atoms with van der Waals surface area (Å²) in [7, 11) is 1.56. The smallest absolute Gasteiger partial charge is 0.265 e. The normalized spacial score (nSPS) is 9.93. The monoisotopic (exact) mass is 205 g/mol. The fourth-order valence-corrected chi connectivity index (χ4v) is 1.06. The second-order valence-electron chi connectivity index (χ2n) is 2.66. The average Bonchev–Trinajstić information content (AvgIpc) is 2.27. The van der Waals surface area contributed by atoms with Gasteiger partial charge in [0, 0.05) is 11.6 Å². The molecule has 5 heteroatoms. The zero-order chi connectivity index (χ0) is 11.1. The number of carbonyl (C=O) groups excluding carboxylic acids is 1. The summed E-state index contributed by atoms with van der Waals surface area (Å²) in [5, 5.41) is 2.76. The maximum absolute atomic E-state index is 11.0. The minimum absolute atomic E-state index is 0.448. The molecule has 0 saturated heterocycles. The lowest BCUT2D eigenvalue weighted by atomic mass is 10.2. The number of hydrogen-bond acceptors (Lipinski definition) is 4. The second-order valence-corrected chi connectivity index (χ2v) is 2.66. The molecule has 0 aliphatic carbocycles. The number of nitrogens with one attached hydrogen (secondary N) is 2. The molecule has 0 radical (unpaired) electrons. The number of para-hydroxylation sites is 1. The summed E-state index contributed by atoms with van der Waals surface area (Å²) < 4.78 is 5.09. The van der Waals surface area contributed by atoms with Crippen LogP contribution in [0, 0.1) is 5.53 Å². The molecule has 5 nitrogen and oxygen atoms in total. The highest BCUT2D eigenvalue weighted by molar-refractivity contribution is 5.91. The van der Waals surface area contributed by atoms with E-state index in [4.69, 9.17) is 10.3 Å². The Morgan fingerprint density at radius 2 is 2.27 bits per heavy atom. The molecule has 78 valence electrons. The van der Waals surface area contributed by atoms with Crippen molar-refractivity contribution < 1.29 is 9.53 Å². The van der Waals surface area contributed by atoms with Gasteiger partial charge in [-0.05, 0) is 12.1 Å². The van der Waals surface area contributed by atoms with Crippen LogP contribution in [-0.4, -0.2) is 13.0 Å². The van der Waals surface area contributed by atoms with E-state index in [1.165, 1.54) is 6.08 Å². The van der Waals surface area contributed by atoms with Crippen LogP contribution in [0.5, 0.6) is 5.75 Å². The number of rotatable bonds is 4. The Balaban J connectivity index is 2.79. The molecule has 0 aliphatic rings. The van der Waals surface area contributed by atoms with E-state index in [1.54, 1.807) is 19.3 Å². The summed E-state index contributed by atoms with van der Waals surface area (Å²) in [6, 6.07) is 7.30. The van der Waals surface area contributed by atoms with Crippen molar-refractivity contribution in [2.45, 2.75) is 0 Å². The van der Waals surface area contributed by atoms with E-state index < -0.39 is 5.91 Å². The standard InChI is InChI=1S/C10H11N3O2/c1-15-9-5-3-2-4-8(9)6-7-10(14)12-13-11/h2-7H,1H3,(H2,11,12,14)/b7-6+. The molecule has 0 aromatic heterocycles. The number of amides is 1. The van der Waals surface area contributed by atoms with E-state index in [0.717, 1.165) is 5.56 Å². The predicted octanol–water partition coefficient (Wildman–Crippen LogP) is 1.77. The maximum atomic E-state index is 11.0. The van der Waals surface area contributed by atoms with Crippen molar-refractivity contribution in [1.29, 1.82) is 5.53 Å². The van der Waals surface area contributed by atoms with Gasteiger partial charge in [-0.3, -0.25) is 4.79 Å². The van der Waals surface area contributed by atoms with E-state index in [9.17, 15) is 4.79 Å². The largest absolute Gasteiger partial charge is 0.496 e. The van der Waals surface area contributed by atoms with Crippen LogP contribution in [-0.2, 0) is 4.79 Å². The maximum Gasteiger partial charge on any atom is 0.265 e. The van der Waals surface area contributed by atoms with Gasteiger partial charge in [0.05, 0.1) is 7.11 Å². The van der Waals surface area contributed by atoms with Crippen LogP contribution in [0.15, 0.2) is 35.6 Å². The average molecular weight is 205 g/mol. The highest BCUT2D eigenvalue weighted by Gasteiger charge is 1.97. The van der Waals surface area contributed by atoms with E-state index in [0.29, 0.717) is 5.75 Å². The van der Waals surface area contributed by atoms with Gasteiger partial charge in [-0.1, -0.05) is 23.4 Å². The fourth-order valence-electron chi connectivity index (χ4n) is 1.06. The van der Waals surface area contributed by atoms with Crippen molar-refractivity contribution in [3.8, 4) is 5.75 Å². The lowest BCUT2D eigenvalue weighted by Gasteiger charge is -2.02. The number of ether oxygens (including phenoxy) is 1. The van der Waals surface area contributed by atoms with Crippen molar-refractivity contribution in [3.63, 3.8) is 0 Å². The SMILES string of the molecule is COc1ccccc1/C=C/C(=O)NN=N. The van der Waals surface area contributed by atoms with Crippen molar-refractivity contribution >= 4 is 12.0 Å². The Morgan fingerprint density at radius 1 is 1.53 bits per heavy atom. The van der Waals surface area contributed by atoms with Gasteiger partial charge in [-0.15, -0.1) is 0 Å². The lowest BCUT2D eigenvalue weighted by Crippen LogP contribution is -2.12. The number of benzene rings is 1. The third kappa shape index (κ3) is 3.22. The van der Waals surface area contributed by atoms with Crippen LogP contribution >= 0.6 is 0 Å². The summed E-state index contributed by atoms with van der Waals surface area (Å²) in [6.07, 6.45) is 2.88. The number of carbonyl (C=O) groups is 1. The van der Waals surface area contributed by atoms with Gasteiger partial charge in [-0.2, -0.15) is 5.53 Å². The van der Waals surface area contributed by atoms with Gasteiger partial charge in [-0.25, -0.2) is 5.43 Å². The second kappa shape index (κ2) is 5.54. The first-order valence-corrected chi connectivity index (χ1v) is 4.25. The van der Waals surface area contributed by atoms with Crippen LogP contribution in [0.25, 0.3) is 6.08 Å². The highest BCUT2D eigenvalue weighted by Crippen LogP contribution is 2.18. The van der Waals surface area contributed by atoms with Crippen LogP contribution in [0.4, 0.5) is 0 Å². The van der Waals surface area contributed by atoms with Gasteiger partial charge in [0.2, 0.25) is 0 Å². The minimum atomic E-state index is -0.448. The quantitative estimate of drug-likeness (QED) is 0.446.